The molecule has 0 amide bonds. The standard InChI is InChI=1S/C15H24N2/c1-15(2,13-7-8-13)16-11-12-5-9-14(10-6-12)17(3)4/h5-6,9-10,13,16H,7-8,11H2,1-4H3. The number of benzene rings is 1. The zero-order valence-corrected chi connectivity index (χ0v) is 11.5. The third kappa shape index (κ3) is 3.22. The van der Waals surface area contributed by atoms with Crippen molar-refractivity contribution < 1.29 is 0 Å². The molecular formula is C15H24N2. The fourth-order valence-electron chi connectivity index (χ4n) is 2.19. The first kappa shape index (κ1) is 12.4. The monoisotopic (exact) mass is 232 g/mol. The van der Waals surface area contributed by atoms with Crippen molar-refractivity contribution in [2.24, 2.45) is 5.92 Å². The van der Waals surface area contributed by atoms with Gasteiger partial charge in [0.25, 0.3) is 0 Å². The van der Waals surface area contributed by atoms with Crippen LogP contribution in [0.4, 0.5) is 5.69 Å². The van der Waals surface area contributed by atoms with Crippen LogP contribution in [0, 0.1) is 5.92 Å². The third-order valence-corrected chi connectivity index (χ3v) is 3.80. The highest BCUT2D eigenvalue weighted by Gasteiger charge is 2.36. The Kier molecular flexibility index (Phi) is 3.43. The lowest BCUT2D eigenvalue weighted by Crippen LogP contribution is -2.40. The summed E-state index contributed by atoms with van der Waals surface area (Å²) in [6.07, 6.45) is 2.78. The minimum atomic E-state index is 0.292. The van der Waals surface area contributed by atoms with E-state index in [0.29, 0.717) is 5.54 Å². The molecular weight excluding hydrogens is 208 g/mol. The fourth-order valence-corrected chi connectivity index (χ4v) is 2.19. The molecule has 1 aliphatic carbocycles. The molecule has 1 aromatic carbocycles. The molecule has 0 bridgehead atoms. The van der Waals surface area contributed by atoms with Gasteiger partial charge in [-0.25, -0.2) is 0 Å². The van der Waals surface area contributed by atoms with Gasteiger partial charge in [-0.2, -0.15) is 0 Å². The van der Waals surface area contributed by atoms with Crippen molar-refractivity contribution >= 4 is 5.69 Å². The van der Waals surface area contributed by atoms with Crippen LogP contribution in [0.5, 0.6) is 0 Å². The second-order valence-electron chi connectivity index (χ2n) is 5.91. The van der Waals surface area contributed by atoms with Gasteiger partial charge in [-0.15, -0.1) is 0 Å². The smallest absolute Gasteiger partial charge is 0.0361 e. The molecule has 0 atom stereocenters. The quantitative estimate of drug-likeness (QED) is 0.839. The Morgan fingerprint density at radius 3 is 2.24 bits per heavy atom. The van der Waals surface area contributed by atoms with Gasteiger partial charge in [0, 0.05) is 31.9 Å². The van der Waals surface area contributed by atoms with Crippen molar-refractivity contribution in [3.8, 4) is 0 Å². The predicted octanol–water partition coefficient (Wildman–Crippen LogP) is 3.03. The van der Waals surface area contributed by atoms with Crippen LogP contribution >= 0.6 is 0 Å². The van der Waals surface area contributed by atoms with Gasteiger partial charge in [0.2, 0.25) is 0 Å². The van der Waals surface area contributed by atoms with E-state index in [2.05, 4.69) is 62.4 Å². The average Bonchev–Trinajstić information content (AvgIpc) is 3.11. The summed E-state index contributed by atoms with van der Waals surface area (Å²) < 4.78 is 0. The number of hydrogen-bond acceptors (Lipinski definition) is 2. The molecule has 0 spiro atoms. The second kappa shape index (κ2) is 4.69. The van der Waals surface area contributed by atoms with Crippen molar-refractivity contribution in [2.75, 3.05) is 19.0 Å². The predicted molar refractivity (Wildman–Crippen MR) is 74.4 cm³/mol. The summed E-state index contributed by atoms with van der Waals surface area (Å²) in [6, 6.07) is 8.79. The summed E-state index contributed by atoms with van der Waals surface area (Å²) in [5, 5.41) is 3.67. The van der Waals surface area contributed by atoms with Crippen LogP contribution in [0.2, 0.25) is 0 Å². The summed E-state index contributed by atoms with van der Waals surface area (Å²) in [7, 11) is 4.15. The topological polar surface area (TPSA) is 15.3 Å². The lowest BCUT2D eigenvalue weighted by atomic mass is 9.98. The highest BCUT2D eigenvalue weighted by molar-refractivity contribution is 5.45. The van der Waals surface area contributed by atoms with E-state index in [9.17, 15) is 0 Å². The maximum atomic E-state index is 3.67. The Hall–Kier alpha value is -1.02. The minimum Gasteiger partial charge on any atom is -0.378 e. The number of anilines is 1. The molecule has 0 aromatic heterocycles. The Labute approximate surface area is 105 Å². The third-order valence-electron chi connectivity index (χ3n) is 3.80. The second-order valence-corrected chi connectivity index (χ2v) is 5.91. The Morgan fingerprint density at radius 1 is 1.18 bits per heavy atom. The van der Waals surface area contributed by atoms with Crippen molar-refractivity contribution in [3.63, 3.8) is 0 Å². The van der Waals surface area contributed by atoms with Gasteiger partial charge in [-0.05, 0) is 50.3 Å². The maximum absolute atomic E-state index is 3.67. The van der Waals surface area contributed by atoms with Gasteiger partial charge in [-0.1, -0.05) is 12.1 Å². The summed E-state index contributed by atoms with van der Waals surface area (Å²) >= 11 is 0. The van der Waals surface area contributed by atoms with E-state index >= 15 is 0 Å². The summed E-state index contributed by atoms with van der Waals surface area (Å²) in [5.41, 5.74) is 2.92. The lowest BCUT2D eigenvalue weighted by Gasteiger charge is -2.26. The van der Waals surface area contributed by atoms with Crippen LogP contribution < -0.4 is 10.2 Å². The van der Waals surface area contributed by atoms with E-state index in [0.717, 1.165) is 12.5 Å². The first-order valence-corrected chi connectivity index (χ1v) is 6.50. The first-order chi connectivity index (χ1) is 7.99. The largest absolute Gasteiger partial charge is 0.378 e. The van der Waals surface area contributed by atoms with Gasteiger partial charge in [0.05, 0.1) is 0 Å². The SMILES string of the molecule is CN(C)c1ccc(CNC(C)(C)C2CC2)cc1. The van der Waals surface area contributed by atoms with Gasteiger partial charge >= 0.3 is 0 Å². The molecule has 0 radical (unpaired) electrons. The molecule has 1 N–H and O–H groups in total. The molecule has 2 rings (SSSR count). The molecule has 94 valence electrons. The number of nitrogens with zero attached hydrogens (tertiary/aromatic N) is 1. The first-order valence-electron chi connectivity index (χ1n) is 6.50. The summed E-state index contributed by atoms with van der Waals surface area (Å²) in [5.74, 6) is 0.878. The van der Waals surface area contributed by atoms with E-state index in [-0.39, 0.29) is 0 Å². The maximum Gasteiger partial charge on any atom is 0.0361 e. The Balaban J connectivity index is 1.90. The Morgan fingerprint density at radius 2 is 1.76 bits per heavy atom. The molecule has 0 saturated heterocycles. The summed E-state index contributed by atoms with van der Waals surface area (Å²) in [6.45, 7) is 5.61. The van der Waals surface area contributed by atoms with Gasteiger partial charge in [0.1, 0.15) is 0 Å². The molecule has 1 fully saturated rings. The number of rotatable bonds is 5. The highest BCUT2D eigenvalue weighted by atomic mass is 15.1. The Bertz CT molecular complexity index is 361. The molecule has 0 unspecified atom stereocenters. The number of nitrogens with one attached hydrogen (secondary N) is 1. The van der Waals surface area contributed by atoms with Crippen molar-refractivity contribution in [1.29, 1.82) is 0 Å². The minimum absolute atomic E-state index is 0.292. The van der Waals surface area contributed by atoms with E-state index in [4.69, 9.17) is 0 Å². The summed E-state index contributed by atoms with van der Waals surface area (Å²) in [4.78, 5) is 2.13. The van der Waals surface area contributed by atoms with E-state index < -0.39 is 0 Å². The van der Waals surface area contributed by atoms with E-state index in [1.54, 1.807) is 0 Å². The van der Waals surface area contributed by atoms with Crippen LogP contribution in [-0.2, 0) is 6.54 Å². The average molecular weight is 232 g/mol. The van der Waals surface area contributed by atoms with Crippen molar-refractivity contribution in [3.05, 3.63) is 29.8 Å². The molecule has 1 aliphatic rings. The normalized spacial score (nSPS) is 16.0. The van der Waals surface area contributed by atoms with E-state index in [1.165, 1.54) is 24.1 Å². The molecule has 2 nitrogen and oxygen atoms in total. The van der Waals surface area contributed by atoms with Gasteiger partial charge in [0.15, 0.2) is 0 Å². The molecule has 1 aromatic rings. The van der Waals surface area contributed by atoms with Crippen molar-refractivity contribution in [1.82, 2.24) is 5.32 Å². The van der Waals surface area contributed by atoms with Crippen LogP contribution in [-0.4, -0.2) is 19.6 Å². The number of hydrogen-bond donors (Lipinski definition) is 1. The molecule has 17 heavy (non-hydrogen) atoms. The van der Waals surface area contributed by atoms with Crippen LogP contribution in [0.3, 0.4) is 0 Å². The zero-order valence-electron chi connectivity index (χ0n) is 11.5. The molecule has 0 heterocycles. The zero-order chi connectivity index (χ0) is 12.5. The van der Waals surface area contributed by atoms with Crippen LogP contribution in [0.1, 0.15) is 32.3 Å². The van der Waals surface area contributed by atoms with E-state index in [1.807, 2.05) is 0 Å². The van der Waals surface area contributed by atoms with Gasteiger partial charge in [-0.3, -0.25) is 0 Å². The van der Waals surface area contributed by atoms with Crippen LogP contribution in [0.15, 0.2) is 24.3 Å². The molecule has 0 aliphatic heterocycles. The molecule has 2 heteroatoms. The molecule has 1 saturated carbocycles. The highest BCUT2D eigenvalue weighted by Crippen LogP contribution is 2.39. The van der Waals surface area contributed by atoms with Crippen molar-refractivity contribution in [2.45, 2.75) is 38.8 Å². The van der Waals surface area contributed by atoms with Crippen LogP contribution in [0.25, 0.3) is 0 Å². The fraction of sp³-hybridized carbons (Fsp3) is 0.600. The van der Waals surface area contributed by atoms with Gasteiger partial charge < -0.3 is 10.2 Å². The lowest BCUT2D eigenvalue weighted by molar-refractivity contribution is 0.339.